The number of fused-ring (bicyclic) bond motifs is 1. The Balaban J connectivity index is 1.51. The van der Waals surface area contributed by atoms with Crippen LogP contribution in [0.15, 0.2) is 36.7 Å². The molecule has 1 saturated heterocycles. The highest BCUT2D eigenvalue weighted by atomic mass is 32.1. The Morgan fingerprint density at radius 1 is 1.10 bits per heavy atom. The average molecular weight is 410 g/mol. The summed E-state index contributed by atoms with van der Waals surface area (Å²) >= 11 is 1.45. The summed E-state index contributed by atoms with van der Waals surface area (Å²) in [7, 11) is 3.67. The summed E-state index contributed by atoms with van der Waals surface area (Å²) in [6.45, 7) is 1.90. The predicted molar refractivity (Wildman–Crippen MR) is 115 cm³/mol. The van der Waals surface area contributed by atoms with Gasteiger partial charge in [-0.1, -0.05) is 23.5 Å². The number of carbonyl (C=O) groups is 2. The molecule has 3 aromatic rings. The van der Waals surface area contributed by atoms with E-state index in [1.807, 2.05) is 18.2 Å². The number of benzene rings is 1. The van der Waals surface area contributed by atoms with Crippen LogP contribution in [0.2, 0.25) is 0 Å². The van der Waals surface area contributed by atoms with Crippen LogP contribution in [-0.2, 0) is 4.79 Å². The van der Waals surface area contributed by atoms with Gasteiger partial charge in [-0.3, -0.25) is 14.6 Å². The molecule has 1 fully saturated rings. The van der Waals surface area contributed by atoms with E-state index in [0.29, 0.717) is 10.8 Å². The van der Waals surface area contributed by atoms with E-state index in [0.717, 1.165) is 47.1 Å². The molecule has 0 radical (unpaired) electrons. The molecule has 3 heterocycles. The lowest BCUT2D eigenvalue weighted by molar-refractivity contribution is -0.121. The quantitative estimate of drug-likeness (QED) is 0.692. The number of pyridine rings is 1. The van der Waals surface area contributed by atoms with Gasteiger partial charge in [0.1, 0.15) is 5.69 Å². The molecular weight excluding hydrogens is 386 g/mol. The summed E-state index contributed by atoms with van der Waals surface area (Å²) in [6, 6.07) is 7.77. The zero-order chi connectivity index (χ0) is 20.4. The number of thiazole rings is 1. The van der Waals surface area contributed by atoms with E-state index in [-0.39, 0.29) is 17.7 Å². The first-order valence-corrected chi connectivity index (χ1v) is 10.4. The van der Waals surface area contributed by atoms with Crippen LogP contribution in [0.3, 0.4) is 0 Å². The fraction of sp³-hybridized carbons (Fsp3) is 0.333. The largest absolute Gasteiger partial charge is 0.354 e. The number of carbonyl (C=O) groups excluding carboxylic acids is 2. The zero-order valence-electron chi connectivity index (χ0n) is 16.4. The van der Waals surface area contributed by atoms with Gasteiger partial charge >= 0.3 is 0 Å². The normalized spacial score (nSPS) is 15.4. The average Bonchev–Trinajstić information content (AvgIpc) is 3.21. The number of rotatable bonds is 4. The van der Waals surface area contributed by atoms with Gasteiger partial charge in [-0.2, -0.15) is 0 Å². The fourth-order valence-corrected chi connectivity index (χ4v) is 4.31. The second-order valence-corrected chi connectivity index (χ2v) is 8.34. The van der Waals surface area contributed by atoms with Crippen molar-refractivity contribution in [3.05, 3.63) is 42.4 Å². The topological polar surface area (TPSA) is 87.2 Å². The Labute approximate surface area is 173 Å². The maximum absolute atomic E-state index is 12.5. The molecule has 2 aromatic heterocycles. The Morgan fingerprint density at radius 2 is 1.90 bits per heavy atom. The minimum atomic E-state index is -0.214. The highest BCUT2D eigenvalue weighted by Gasteiger charge is 2.24. The van der Waals surface area contributed by atoms with Crippen LogP contribution in [0.5, 0.6) is 0 Å². The lowest BCUT2D eigenvalue weighted by Gasteiger charge is -2.27. The summed E-state index contributed by atoms with van der Waals surface area (Å²) in [5, 5.41) is 8.07. The number of piperidine rings is 1. The van der Waals surface area contributed by atoms with Gasteiger partial charge in [-0.25, -0.2) is 4.98 Å². The van der Waals surface area contributed by atoms with Crippen LogP contribution in [-0.4, -0.2) is 53.9 Å². The number of nitrogens with zero attached hydrogens (tertiary/aromatic N) is 3. The molecule has 4 rings (SSSR count). The van der Waals surface area contributed by atoms with Crippen LogP contribution in [0, 0.1) is 5.92 Å². The van der Waals surface area contributed by atoms with Crippen molar-refractivity contribution >= 4 is 39.1 Å². The highest BCUT2D eigenvalue weighted by Crippen LogP contribution is 2.31. The van der Waals surface area contributed by atoms with E-state index in [9.17, 15) is 9.59 Å². The van der Waals surface area contributed by atoms with Gasteiger partial charge in [0, 0.05) is 30.7 Å². The molecule has 2 amide bonds. The summed E-state index contributed by atoms with van der Waals surface area (Å²) in [6.07, 6.45) is 5.24. The van der Waals surface area contributed by atoms with Crippen LogP contribution < -0.4 is 10.6 Å². The highest BCUT2D eigenvalue weighted by molar-refractivity contribution is 7.19. The lowest BCUT2D eigenvalue weighted by Crippen LogP contribution is -2.35. The summed E-state index contributed by atoms with van der Waals surface area (Å²) < 4.78 is 0. The summed E-state index contributed by atoms with van der Waals surface area (Å²) in [5.74, 6) is -0.109. The van der Waals surface area contributed by atoms with Crippen LogP contribution in [0.1, 0.15) is 23.3 Å². The number of hydrogen-bond donors (Lipinski definition) is 2. The smallest absolute Gasteiger partial charge is 0.269 e. The van der Waals surface area contributed by atoms with Gasteiger partial charge in [0.25, 0.3) is 5.91 Å². The van der Waals surface area contributed by atoms with Crippen molar-refractivity contribution in [1.29, 1.82) is 0 Å². The molecular formula is C21H23N5O2S. The number of anilines is 1. The molecule has 0 unspecified atom stereocenters. The molecule has 0 aliphatic carbocycles. The maximum atomic E-state index is 12.5. The van der Waals surface area contributed by atoms with Crippen molar-refractivity contribution in [3.8, 4) is 10.4 Å². The third-order valence-electron chi connectivity index (χ3n) is 5.29. The van der Waals surface area contributed by atoms with Gasteiger partial charge in [0.05, 0.1) is 4.88 Å². The minimum absolute atomic E-state index is 0.0508. The zero-order valence-corrected chi connectivity index (χ0v) is 17.3. The minimum Gasteiger partial charge on any atom is -0.354 e. The molecule has 1 aromatic carbocycles. The van der Waals surface area contributed by atoms with E-state index in [1.165, 1.54) is 11.3 Å². The van der Waals surface area contributed by atoms with Crippen molar-refractivity contribution in [2.24, 2.45) is 5.92 Å². The Hall–Kier alpha value is -2.84. The number of likely N-dealkylation sites (tertiary alicyclic amines) is 1. The SMILES string of the molecule is CNC(=O)c1cc2cc(-c3cnc(NC(=O)C4CCN(C)CC4)s3)ccc2cn1. The van der Waals surface area contributed by atoms with Crippen molar-refractivity contribution in [1.82, 2.24) is 20.2 Å². The van der Waals surface area contributed by atoms with E-state index in [1.54, 1.807) is 25.5 Å². The van der Waals surface area contributed by atoms with E-state index in [4.69, 9.17) is 0 Å². The first-order chi connectivity index (χ1) is 14.0. The third-order valence-corrected chi connectivity index (χ3v) is 6.25. The molecule has 0 saturated carbocycles. The van der Waals surface area contributed by atoms with E-state index >= 15 is 0 Å². The monoisotopic (exact) mass is 409 g/mol. The van der Waals surface area contributed by atoms with Crippen LogP contribution in [0.4, 0.5) is 5.13 Å². The Bertz CT molecular complexity index is 1060. The predicted octanol–water partition coefficient (Wildman–Crippen LogP) is 3.00. The molecule has 1 aliphatic rings. The van der Waals surface area contributed by atoms with Crippen molar-refractivity contribution in [2.45, 2.75) is 12.8 Å². The van der Waals surface area contributed by atoms with E-state index < -0.39 is 0 Å². The Morgan fingerprint density at radius 3 is 2.66 bits per heavy atom. The van der Waals surface area contributed by atoms with Gasteiger partial charge in [0.15, 0.2) is 5.13 Å². The van der Waals surface area contributed by atoms with Gasteiger partial charge in [-0.15, -0.1) is 0 Å². The second-order valence-electron chi connectivity index (χ2n) is 7.31. The number of nitrogens with one attached hydrogen (secondary N) is 2. The van der Waals surface area contributed by atoms with Gasteiger partial charge < -0.3 is 15.5 Å². The van der Waals surface area contributed by atoms with Crippen molar-refractivity contribution < 1.29 is 9.59 Å². The van der Waals surface area contributed by atoms with Crippen molar-refractivity contribution in [3.63, 3.8) is 0 Å². The molecule has 0 bridgehead atoms. The van der Waals surface area contributed by atoms with Crippen LogP contribution in [0.25, 0.3) is 21.2 Å². The standard InChI is InChI=1S/C21H23N5O2S/c1-22-20(28)17-10-16-9-14(3-4-15(16)11-23-17)18-12-24-21(29-18)25-19(27)13-5-7-26(2)8-6-13/h3-4,9-13H,5-8H2,1-2H3,(H,22,28)(H,24,25,27). The molecule has 1 aliphatic heterocycles. The summed E-state index contributed by atoms with van der Waals surface area (Å²) in [5.41, 5.74) is 1.37. The molecule has 0 atom stereocenters. The number of hydrogen-bond acceptors (Lipinski definition) is 6. The van der Waals surface area contributed by atoms with E-state index in [2.05, 4.69) is 32.5 Å². The molecule has 0 spiro atoms. The fourth-order valence-electron chi connectivity index (χ4n) is 3.49. The number of aromatic nitrogens is 2. The molecule has 29 heavy (non-hydrogen) atoms. The molecule has 7 nitrogen and oxygen atoms in total. The van der Waals surface area contributed by atoms with Gasteiger partial charge in [-0.05, 0) is 56.1 Å². The Kier molecular flexibility index (Phi) is 5.55. The van der Waals surface area contributed by atoms with Crippen LogP contribution >= 0.6 is 11.3 Å². The molecule has 150 valence electrons. The van der Waals surface area contributed by atoms with Crippen molar-refractivity contribution in [2.75, 3.05) is 32.5 Å². The third kappa shape index (κ3) is 4.28. The first kappa shape index (κ1) is 19.5. The first-order valence-electron chi connectivity index (χ1n) is 9.61. The summed E-state index contributed by atoms with van der Waals surface area (Å²) in [4.78, 5) is 36.1. The van der Waals surface area contributed by atoms with Gasteiger partial charge in [0.2, 0.25) is 5.91 Å². The molecule has 2 N–H and O–H groups in total. The maximum Gasteiger partial charge on any atom is 0.269 e. The molecule has 8 heteroatoms. The lowest BCUT2D eigenvalue weighted by atomic mass is 9.96. The second kappa shape index (κ2) is 8.26. The number of amides is 2.